The lowest BCUT2D eigenvalue weighted by atomic mass is 10.2. The minimum absolute atomic E-state index is 0.0522. The van der Waals surface area contributed by atoms with Crippen LogP contribution >= 0.6 is 0 Å². The van der Waals surface area contributed by atoms with Crippen LogP contribution in [0.4, 0.5) is 5.82 Å². The summed E-state index contributed by atoms with van der Waals surface area (Å²) in [6, 6.07) is 8.94. The fraction of sp³-hybridized carbons (Fsp3) is 0.100. The Morgan fingerprint density at radius 3 is 2.50 bits per heavy atom. The maximum Gasteiger partial charge on any atom is 0.187 e. The minimum Gasteiger partial charge on any atom is -0.383 e. The van der Waals surface area contributed by atoms with Crippen LogP contribution in [0, 0.1) is 0 Å². The lowest BCUT2D eigenvalue weighted by Crippen LogP contribution is -2.06. The van der Waals surface area contributed by atoms with Crippen LogP contribution in [0.15, 0.2) is 41.4 Å². The Balaban J connectivity index is 2.32. The lowest BCUT2D eigenvalue weighted by Gasteiger charge is -2.02. The van der Waals surface area contributed by atoms with Crippen LogP contribution in [0.1, 0.15) is 5.56 Å². The molecule has 0 saturated carbocycles. The van der Waals surface area contributed by atoms with Crippen LogP contribution in [-0.4, -0.2) is 18.6 Å². The highest BCUT2D eigenvalue weighted by Crippen LogP contribution is 2.19. The summed E-state index contributed by atoms with van der Waals surface area (Å²) in [4.78, 5) is 0.0522. The summed E-state index contributed by atoms with van der Waals surface area (Å²) in [7, 11) is -3.42. The van der Waals surface area contributed by atoms with Gasteiger partial charge in [0, 0.05) is 0 Å². The molecule has 0 amide bonds. The molecule has 16 heavy (non-hydrogen) atoms. The van der Waals surface area contributed by atoms with Gasteiger partial charge in [-0.15, -0.1) is 0 Å². The van der Waals surface area contributed by atoms with Crippen molar-refractivity contribution in [3.63, 3.8) is 0 Å². The van der Waals surface area contributed by atoms with Crippen molar-refractivity contribution in [2.45, 2.75) is 10.6 Å². The Morgan fingerprint density at radius 2 is 1.94 bits per heavy atom. The molecule has 0 radical (unpaired) electrons. The molecule has 0 atom stereocenters. The van der Waals surface area contributed by atoms with Crippen molar-refractivity contribution in [1.82, 2.24) is 10.2 Å². The quantitative estimate of drug-likeness (QED) is 0.832. The van der Waals surface area contributed by atoms with Gasteiger partial charge in [-0.25, -0.2) is 8.42 Å². The number of hydrogen-bond donors (Lipinski definition) is 2. The predicted molar refractivity (Wildman–Crippen MR) is 60.3 cm³/mol. The molecule has 5 nitrogen and oxygen atoms in total. The second-order valence-electron chi connectivity index (χ2n) is 3.39. The van der Waals surface area contributed by atoms with Gasteiger partial charge in [-0.1, -0.05) is 30.3 Å². The van der Waals surface area contributed by atoms with Crippen LogP contribution in [0.2, 0.25) is 0 Å². The largest absolute Gasteiger partial charge is 0.383 e. The first kappa shape index (κ1) is 10.7. The maximum atomic E-state index is 11.9. The topological polar surface area (TPSA) is 88.8 Å². The van der Waals surface area contributed by atoms with Crippen LogP contribution in [0.25, 0.3) is 0 Å². The molecule has 0 aliphatic rings. The highest BCUT2D eigenvalue weighted by Gasteiger charge is 2.19. The first-order valence-electron chi connectivity index (χ1n) is 4.65. The minimum atomic E-state index is -3.42. The third kappa shape index (κ3) is 2.06. The van der Waals surface area contributed by atoms with Gasteiger partial charge in [0.15, 0.2) is 9.84 Å². The molecule has 0 saturated heterocycles. The number of nitrogens with two attached hydrogens (primary N) is 1. The van der Waals surface area contributed by atoms with Gasteiger partial charge in [0.1, 0.15) is 10.7 Å². The molecule has 0 fully saturated rings. The Morgan fingerprint density at radius 1 is 1.25 bits per heavy atom. The van der Waals surface area contributed by atoms with Crippen LogP contribution in [0.5, 0.6) is 0 Å². The smallest absolute Gasteiger partial charge is 0.187 e. The number of rotatable bonds is 3. The third-order valence-corrected chi connectivity index (χ3v) is 3.88. The molecule has 1 heterocycles. The molecule has 0 bridgehead atoms. The van der Waals surface area contributed by atoms with Gasteiger partial charge in [0.25, 0.3) is 0 Å². The van der Waals surface area contributed by atoms with E-state index < -0.39 is 9.84 Å². The van der Waals surface area contributed by atoms with E-state index in [2.05, 4.69) is 10.2 Å². The molecule has 6 heteroatoms. The van der Waals surface area contributed by atoms with E-state index in [1.54, 1.807) is 24.3 Å². The Bertz CT molecular complexity index is 575. The van der Waals surface area contributed by atoms with Gasteiger partial charge in [0.2, 0.25) is 0 Å². The fourth-order valence-electron chi connectivity index (χ4n) is 1.40. The molecule has 3 N–H and O–H groups in total. The lowest BCUT2D eigenvalue weighted by molar-refractivity contribution is 0.596. The first-order valence-corrected chi connectivity index (χ1v) is 6.30. The second kappa shape index (κ2) is 3.97. The summed E-state index contributed by atoms with van der Waals surface area (Å²) in [5, 5.41) is 6.01. The van der Waals surface area contributed by atoms with Gasteiger partial charge in [-0.2, -0.15) is 5.10 Å². The number of nitrogen functional groups attached to an aromatic ring is 1. The average Bonchev–Trinajstić information content (AvgIpc) is 2.66. The van der Waals surface area contributed by atoms with Crippen molar-refractivity contribution in [3.8, 4) is 0 Å². The monoisotopic (exact) mass is 237 g/mol. The van der Waals surface area contributed by atoms with Crippen molar-refractivity contribution in [2.24, 2.45) is 0 Å². The summed E-state index contributed by atoms with van der Waals surface area (Å²) in [6.45, 7) is 0. The number of benzene rings is 1. The number of nitrogens with zero attached hydrogens (tertiary/aromatic N) is 1. The maximum absolute atomic E-state index is 11.9. The van der Waals surface area contributed by atoms with E-state index in [-0.39, 0.29) is 16.5 Å². The van der Waals surface area contributed by atoms with E-state index in [1.807, 2.05) is 6.07 Å². The predicted octanol–water partition coefficient (Wildman–Crippen LogP) is 0.966. The van der Waals surface area contributed by atoms with Gasteiger partial charge in [-0.05, 0) is 5.56 Å². The van der Waals surface area contributed by atoms with E-state index in [0.29, 0.717) is 0 Å². The number of sulfone groups is 1. The van der Waals surface area contributed by atoms with Crippen molar-refractivity contribution < 1.29 is 8.42 Å². The fourth-order valence-corrected chi connectivity index (χ4v) is 2.79. The highest BCUT2D eigenvalue weighted by atomic mass is 32.2. The van der Waals surface area contributed by atoms with Crippen LogP contribution in [0.3, 0.4) is 0 Å². The summed E-state index contributed by atoms with van der Waals surface area (Å²) in [5.41, 5.74) is 6.21. The summed E-state index contributed by atoms with van der Waals surface area (Å²) in [5.74, 6) is 0.00771. The highest BCUT2D eigenvalue weighted by molar-refractivity contribution is 7.90. The van der Waals surface area contributed by atoms with Crippen molar-refractivity contribution in [3.05, 3.63) is 42.1 Å². The zero-order valence-corrected chi connectivity index (χ0v) is 9.24. The summed E-state index contributed by atoms with van der Waals surface area (Å²) >= 11 is 0. The van der Waals surface area contributed by atoms with Gasteiger partial charge >= 0.3 is 0 Å². The number of hydrogen-bond acceptors (Lipinski definition) is 4. The average molecular weight is 237 g/mol. The Labute approximate surface area is 93.2 Å². The molecule has 1 aromatic carbocycles. The van der Waals surface area contributed by atoms with Crippen molar-refractivity contribution in [2.75, 3.05) is 5.73 Å². The molecule has 84 valence electrons. The second-order valence-corrected chi connectivity index (χ2v) is 5.35. The summed E-state index contributed by atoms with van der Waals surface area (Å²) < 4.78 is 23.9. The number of aromatic amines is 1. The number of H-pyrrole nitrogens is 1. The molecule has 0 aliphatic heterocycles. The SMILES string of the molecule is Nc1[nH]ncc1S(=O)(=O)Cc1ccccc1. The molecule has 0 unspecified atom stereocenters. The molecule has 2 rings (SSSR count). The molecule has 1 aromatic heterocycles. The molecule has 0 spiro atoms. The van der Waals surface area contributed by atoms with E-state index in [9.17, 15) is 8.42 Å². The van der Waals surface area contributed by atoms with Crippen molar-refractivity contribution >= 4 is 15.7 Å². The normalized spacial score (nSPS) is 11.5. The third-order valence-electron chi connectivity index (χ3n) is 2.17. The zero-order chi connectivity index (χ0) is 11.6. The van der Waals surface area contributed by atoms with Gasteiger partial charge in [0.05, 0.1) is 11.9 Å². The molecular formula is C10H11N3O2S. The number of aromatic nitrogens is 2. The molecule has 2 aromatic rings. The molecular weight excluding hydrogens is 226 g/mol. The van der Waals surface area contributed by atoms with Crippen LogP contribution < -0.4 is 5.73 Å². The van der Waals surface area contributed by atoms with Gasteiger partial charge in [-0.3, -0.25) is 5.10 Å². The molecule has 0 aliphatic carbocycles. The number of anilines is 1. The van der Waals surface area contributed by atoms with Crippen LogP contribution in [-0.2, 0) is 15.6 Å². The Kier molecular flexibility index (Phi) is 2.66. The Hall–Kier alpha value is -1.82. The van der Waals surface area contributed by atoms with Crippen molar-refractivity contribution in [1.29, 1.82) is 0 Å². The van der Waals surface area contributed by atoms with E-state index in [1.165, 1.54) is 6.20 Å². The van der Waals surface area contributed by atoms with E-state index >= 15 is 0 Å². The van der Waals surface area contributed by atoms with Gasteiger partial charge < -0.3 is 5.73 Å². The number of nitrogens with one attached hydrogen (secondary N) is 1. The standard InChI is InChI=1S/C10H11N3O2S/c11-10-9(6-12-13-10)16(14,15)7-8-4-2-1-3-5-8/h1-6H,7H2,(H3,11,12,13). The van der Waals surface area contributed by atoms with E-state index in [0.717, 1.165) is 5.56 Å². The first-order chi connectivity index (χ1) is 7.59. The summed E-state index contributed by atoms with van der Waals surface area (Å²) in [6.07, 6.45) is 1.23. The van der Waals surface area contributed by atoms with E-state index in [4.69, 9.17) is 5.73 Å². The zero-order valence-electron chi connectivity index (χ0n) is 8.42.